The second-order valence-corrected chi connectivity index (χ2v) is 15.8. The molecule has 2 fully saturated rings. The lowest BCUT2D eigenvalue weighted by atomic mass is 9.93. The molecule has 5 aromatic rings. The summed E-state index contributed by atoms with van der Waals surface area (Å²) in [6.07, 6.45) is -3.27. The minimum atomic E-state index is -5.12. The maximum Gasteiger partial charge on any atom is 0.431 e. The highest BCUT2D eigenvalue weighted by Crippen LogP contribution is 2.62. The number of halogens is 8. The van der Waals surface area contributed by atoms with Crippen molar-refractivity contribution in [1.82, 2.24) is 25.1 Å². The third-order valence-corrected chi connectivity index (χ3v) is 10.4. The monoisotopic (exact) mass is 834 g/mol. The molecular formula is C37H30ClF7N8O3S. The Kier molecular flexibility index (Phi) is 10.0. The van der Waals surface area contributed by atoms with E-state index < -0.39 is 81.1 Å². The number of aliphatic imine (C=N–C) groups is 1. The zero-order valence-corrected chi connectivity index (χ0v) is 31.2. The Bertz CT molecular complexity index is 2600. The zero-order chi connectivity index (χ0) is 41.2. The number of amides is 1. The van der Waals surface area contributed by atoms with Gasteiger partial charge in [-0.3, -0.25) is 24.2 Å². The van der Waals surface area contributed by atoms with Gasteiger partial charge < -0.3 is 11.1 Å². The van der Waals surface area contributed by atoms with Crippen LogP contribution in [0.4, 0.5) is 36.6 Å². The van der Waals surface area contributed by atoms with E-state index in [1.54, 1.807) is 36.4 Å². The standard InChI is InChI=1S/C37H30ClF7N8O3S/c1-53-32-21(6-8-24(38)30(32)35(51-53)52-57(2,55)56)20-7-9-26(25-5-3-4-10-47-25)50-31(20)27(13-17-11-18(39)14-19(40)12-17)49-28(54)16-48-34-29(33(46)37(43,44)45)22-15-23(22)36(34,41)42/h3-12,14,22-23,27H,13,15-16,46H2,1-2H3,(H,49,54)(H,51,52)/t22-,23+,27-/m0/s1. The maximum atomic E-state index is 15.3. The van der Waals surface area contributed by atoms with Gasteiger partial charge in [0.1, 0.15) is 29.6 Å². The second kappa shape index (κ2) is 14.4. The Labute approximate surface area is 324 Å². The summed E-state index contributed by atoms with van der Waals surface area (Å²) >= 11 is 6.57. The van der Waals surface area contributed by atoms with Gasteiger partial charge >= 0.3 is 6.18 Å². The largest absolute Gasteiger partial charge is 0.431 e. The molecule has 298 valence electrons. The van der Waals surface area contributed by atoms with E-state index in [-0.39, 0.29) is 51.6 Å². The molecule has 0 aliphatic heterocycles. The molecule has 3 heterocycles. The molecule has 0 saturated heterocycles. The van der Waals surface area contributed by atoms with Crippen molar-refractivity contribution >= 4 is 50.0 Å². The van der Waals surface area contributed by atoms with Crippen LogP contribution in [-0.2, 0) is 28.3 Å². The van der Waals surface area contributed by atoms with Gasteiger partial charge in [-0.25, -0.2) is 22.2 Å². The molecule has 0 spiro atoms. The molecule has 2 aliphatic carbocycles. The van der Waals surface area contributed by atoms with Crippen molar-refractivity contribution < 1.29 is 43.9 Å². The normalized spacial score (nSPS) is 19.7. The first-order chi connectivity index (χ1) is 26.7. The minimum Gasteiger partial charge on any atom is -0.394 e. The number of aromatic nitrogens is 4. The van der Waals surface area contributed by atoms with Crippen molar-refractivity contribution in [3.63, 3.8) is 0 Å². The summed E-state index contributed by atoms with van der Waals surface area (Å²) < 4.78 is 129. The summed E-state index contributed by atoms with van der Waals surface area (Å²) in [6, 6.07) is 12.6. The number of allylic oxidation sites excluding steroid dienone is 2. The SMILES string of the molecule is Cn1nc(NS(C)(=O)=O)c2c(Cl)ccc(-c3ccc(-c4ccccn4)nc3[C@H](Cc3cc(F)cc(F)c3)NC(=O)CN=C3C(=C(N)C(F)(F)F)[C@H]4C[C@H]4C3(F)F)c21. The molecule has 57 heavy (non-hydrogen) atoms. The number of alkyl halides is 5. The number of aryl methyl sites for hydroxylation is 1. The van der Waals surface area contributed by atoms with E-state index in [9.17, 15) is 35.2 Å². The predicted molar refractivity (Wildman–Crippen MR) is 198 cm³/mol. The summed E-state index contributed by atoms with van der Waals surface area (Å²) in [5.41, 5.74) is 3.19. The number of anilines is 1. The van der Waals surface area contributed by atoms with Crippen LogP contribution in [0.3, 0.4) is 0 Å². The molecule has 20 heteroatoms. The van der Waals surface area contributed by atoms with Crippen LogP contribution in [0.15, 0.2) is 83.1 Å². The fraction of sp³-hybridized carbons (Fsp3) is 0.270. The lowest BCUT2D eigenvalue weighted by molar-refractivity contribution is -0.120. The van der Waals surface area contributed by atoms with E-state index in [0.717, 1.165) is 18.4 Å². The van der Waals surface area contributed by atoms with Crippen LogP contribution in [0.5, 0.6) is 0 Å². The van der Waals surface area contributed by atoms with Crippen LogP contribution in [-0.4, -0.2) is 64.7 Å². The van der Waals surface area contributed by atoms with Gasteiger partial charge in [0.15, 0.2) is 5.82 Å². The second-order valence-electron chi connectivity index (χ2n) is 13.7. The zero-order valence-electron chi connectivity index (χ0n) is 29.7. The number of carbonyl (C=O) groups is 1. The van der Waals surface area contributed by atoms with Crippen LogP contribution in [0, 0.1) is 23.5 Å². The van der Waals surface area contributed by atoms with Crippen molar-refractivity contribution in [2.24, 2.45) is 29.6 Å². The number of nitrogens with two attached hydrogens (primary N) is 1. The van der Waals surface area contributed by atoms with E-state index in [1.165, 1.54) is 24.0 Å². The summed E-state index contributed by atoms with van der Waals surface area (Å²) in [4.78, 5) is 26.6. The number of pyridine rings is 2. The lowest BCUT2D eigenvalue weighted by Gasteiger charge is -2.23. The molecule has 11 nitrogen and oxygen atoms in total. The van der Waals surface area contributed by atoms with Crippen LogP contribution >= 0.6 is 11.6 Å². The fourth-order valence-electron chi connectivity index (χ4n) is 7.16. The Morgan fingerprint density at radius 2 is 1.77 bits per heavy atom. The number of benzene rings is 2. The van der Waals surface area contributed by atoms with Gasteiger partial charge in [0, 0.05) is 41.9 Å². The number of nitrogens with one attached hydrogen (secondary N) is 2. The average molecular weight is 835 g/mol. The van der Waals surface area contributed by atoms with Crippen molar-refractivity contribution in [1.29, 1.82) is 0 Å². The Balaban J connectivity index is 1.38. The van der Waals surface area contributed by atoms with Gasteiger partial charge in [-0.1, -0.05) is 29.8 Å². The molecular weight excluding hydrogens is 805 g/mol. The van der Waals surface area contributed by atoms with E-state index in [1.807, 2.05) is 0 Å². The maximum absolute atomic E-state index is 15.3. The van der Waals surface area contributed by atoms with Gasteiger partial charge in [0.2, 0.25) is 15.9 Å². The quantitative estimate of drug-likeness (QED) is 0.129. The summed E-state index contributed by atoms with van der Waals surface area (Å²) in [7, 11) is -2.31. The lowest BCUT2D eigenvalue weighted by Crippen LogP contribution is -2.35. The van der Waals surface area contributed by atoms with Gasteiger partial charge in [-0.05, 0) is 60.7 Å². The number of hydrogen-bond donors (Lipinski definition) is 3. The third kappa shape index (κ3) is 7.89. The van der Waals surface area contributed by atoms with Crippen molar-refractivity contribution in [3.05, 3.63) is 106 Å². The number of nitrogens with zero attached hydrogens (tertiary/aromatic N) is 5. The summed E-state index contributed by atoms with van der Waals surface area (Å²) in [5, 5.41) is 7.27. The minimum absolute atomic E-state index is 0.0344. The molecule has 3 atom stereocenters. The van der Waals surface area contributed by atoms with Gasteiger partial charge in [0.05, 0.1) is 45.3 Å². The van der Waals surface area contributed by atoms with E-state index in [4.69, 9.17) is 22.3 Å². The number of rotatable bonds is 10. The van der Waals surface area contributed by atoms with Crippen LogP contribution in [0.1, 0.15) is 23.7 Å². The Morgan fingerprint density at radius 3 is 2.42 bits per heavy atom. The number of carbonyl (C=O) groups excluding carboxylic acids is 1. The van der Waals surface area contributed by atoms with E-state index in [0.29, 0.717) is 22.8 Å². The van der Waals surface area contributed by atoms with Crippen LogP contribution in [0.25, 0.3) is 33.4 Å². The number of fused-ring (bicyclic) bond motifs is 2. The smallest absolute Gasteiger partial charge is 0.394 e. The molecule has 4 N–H and O–H groups in total. The van der Waals surface area contributed by atoms with E-state index >= 15 is 8.78 Å². The van der Waals surface area contributed by atoms with Gasteiger partial charge in [-0.15, -0.1) is 0 Å². The molecule has 3 aromatic heterocycles. The van der Waals surface area contributed by atoms with Crippen molar-refractivity contribution in [3.8, 4) is 22.5 Å². The highest BCUT2D eigenvalue weighted by atomic mass is 35.5. The molecule has 2 aliphatic rings. The predicted octanol–water partition coefficient (Wildman–Crippen LogP) is 6.90. The van der Waals surface area contributed by atoms with Crippen LogP contribution < -0.4 is 15.8 Å². The van der Waals surface area contributed by atoms with Crippen LogP contribution in [0.2, 0.25) is 5.02 Å². The van der Waals surface area contributed by atoms with E-state index in [2.05, 4.69) is 25.1 Å². The molecule has 1 amide bonds. The Hall–Kier alpha value is -5.56. The van der Waals surface area contributed by atoms with Gasteiger partial charge in [0.25, 0.3) is 5.92 Å². The van der Waals surface area contributed by atoms with Gasteiger partial charge in [-0.2, -0.15) is 27.1 Å². The fourth-order valence-corrected chi connectivity index (χ4v) is 7.89. The molecule has 0 bridgehead atoms. The summed E-state index contributed by atoms with van der Waals surface area (Å²) in [6.45, 7) is -1.07. The molecule has 0 unspecified atom stereocenters. The molecule has 7 rings (SSSR count). The third-order valence-electron chi connectivity index (χ3n) is 9.56. The number of hydrogen-bond acceptors (Lipinski definition) is 8. The number of sulfonamides is 1. The molecule has 2 aromatic carbocycles. The highest BCUT2D eigenvalue weighted by molar-refractivity contribution is 7.92. The first-order valence-electron chi connectivity index (χ1n) is 17.0. The summed E-state index contributed by atoms with van der Waals surface area (Å²) in [5.74, 6) is -9.43. The Morgan fingerprint density at radius 1 is 1.07 bits per heavy atom. The average Bonchev–Trinajstić information content (AvgIpc) is 3.81. The highest BCUT2D eigenvalue weighted by Gasteiger charge is 2.68. The van der Waals surface area contributed by atoms with Crippen molar-refractivity contribution in [2.75, 3.05) is 17.5 Å². The topological polar surface area (TPSA) is 157 Å². The molecule has 2 saturated carbocycles. The first-order valence-corrected chi connectivity index (χ1v) is 19.3. The van der Waals surface area contributed by atoms with Crippen molar-refractivity contribution in [2.45, 2.75) is 31.0 Å². The molecule has 0 radical (unpaired) electrons. The first kappa shape index (κ1) is 39.7.